The summed E-state index contributed by atoms with van der Waals surface area (Å²) in [5.74, 6) is -1.26. The van der Waals surface area contributed by atoms with Crippen molar-refractivity contribution in [3.05, 3.63) is 11.6 Å². The van der Waals surface area contributed by atoms with Crippen molar-refractivity contribution in [2.45, 2.75) is 141 Å². The molecular formula is C35H60O13S. The standard InChI is InChI=1S/C35H60O13S/c1-18(2)20(11-14-36)8-7-19(3)26-28(40)29(48-49(42,43)44)31-34(26,5)13-10-25-33(4)12-9-21(15-22(33)23(37)16-35(25,31)41)47-32-30(45-6)27(39)24(38)17-46-32/h15,18-21,23-32,36-41H,7-14,16-17H2,1-6H3,(H,42,43,44)/t19-,20-,21+,23-,24-,25-,26+,27+,28-,29+,30-,31-,32+,33+,34-,35+/m1/s1. The first-order chi connectivity index (χ1) is 22.8. The second-order valence-electron chi connectivity index (χ2n) is 16.6. The number of rotatable bonds is 12. The average molecular weight is 721 g/mol. The largest absolute Gasteiger partial charge is 0.397 e. The highest BCUT2D eigenvalue weighted by molar-refractivity contribution is 7.80. The minimum absolute atomic E-state index is 0.0848. The normalized spacial score (nSPS) is 46.8. The predicted molar refractivity (Wildman–Crippen MR) is 177 cm³/mol. The van der Waals surface area contributed by atoms with Crippen LogP contribution in [0.3, 0.4) is 0 Å². The van der Waals surface area contributed by atoms with Crippen molar-refractivity contribution in [3.63, 3.8) is 0 Å². The molecule has 0 bridgehead atoms. The number of hydrogen-bond donors (Lipinski definition) is 7. The van der Waals surface area contributed by atoms with E-state index < -0.39 is 93.6 Å². The second kappa shape index (κ2) is 14.6. The lowest BCUT2D eigenvalue weighted by atomic mass is 9.43. The maximum atomic E-state index is 12.9. The molecule has 4 aliphatic carbocycles. The van der Waals surface area contributed by atoms with E-state index in [1.165, 1.54) is 7.11 Å². The van der Waals surface area contributed by atoms with Crippen molar-refractivity contribution in [1.29, 1.82) is 0 Å². The lowest BCUT2D eigenvalue weighted by Gasteiger charge is -2.64. The highest BCUT2D eigenvalue weighted by Crippen LogP contribution is 2.70. The van der Waals surface area contributed by atoms with E-state index in [1.54, 1.807) is 0 Å². The van der Waals surface area contributed by atoms with Crippen molar-refractivity contribution in [2.24, 2.45) is 46.3 Å². The van der Waals surface area contributed by atoms with E-state index in [0.29, 0.717) is 50.0 Å². The monoisotopic (exact) mass is 720 g/mol. The van der Waals surface area contributed by atoms with Gasteiger partial charge in [0.1, 0.15) is 24.4 Å². The van der Waals surface area contributed by atoms with Gasteiger partial charge in [0.05, 0.1) is 30.5 Å². The first-order valence-corrected chi connectivity index (χ1v) is 19.4. The van der Waals surface area contributed by atoms with Gasteiger partial charge in [0.25, 0.3) is 0 Å². The molecule has 1 saturated heterocycles. The Bertz CT molecular complexity index is 1290. The van der Waals surface area contributed by atoms with Crippen LogP contribution < -0.4 is 0 Å². The first-order valence-electron chi connectivity index (χ1n) is 18.1. The molecule has 284 valence electrons. The molecule has 3 saturated carbocycles. The molecular weight excluding hydrogens is 660 g/mol. The Morgan fingerprint density at radius 1 is 1.00 bits per heavy atom. The summed E-state index contributed by atoms with van der Waals surface area (Å²) in [6.07, 6.45) is -2.45. The molecule has 13 nitrogen and oxygen atoms in total. The topological polar surface area (TPSA) is 213 Å². The van der Waals surface area contributed by atoms with Crippen LogP contribution in [0.25, 0.3) is 0 Å². The van der Waals surface area contributed by atoms with Crippen LogP contribution in [-0.2, 0) is 28.8 Å². The van der Waals surface area contributed by atoms with Crippen LogP contribution in [0.2, 0.25) is 0 Å². The zero-order chi connectivity index (χ0) is 36.3. The first kappa shape index (κ1) is 39.5. The van der Waals surface area contributed by atoms with Gasteiger partial charge in [-0.2, -0.15) is 8.42 Å². The Balaban J connectivity index is 1.44. The van der Waals surface area contributed by atoms with Crippen molar-refractivity contribution in [3.8, 4) is 0 Å². The summed E-state index contributed by atoms with van der Waals surface area (Å²) in [6, 6.07) is 0. The van der Waals surface area contributed by atoms with Crippen molar-refractivity contribution >= 4 is 10.4 Å². The Kier molecular flexibility index (Phi) is 11.7. The number of ether oxygens (including phenoxy) is 3. The van der Waals surface area contributed by atoms with Gasteiger partial charge < -0.3 is 44.8 Å². The SMILES string of the molecule is CO[C@H]1[C@H](O[C@@H]2C=C3[C@H](O)C[C@@]4(O)[C@@H]5[C@@H](OS(=O)(=O)O)[C@H](O)[C@H]([C@H](C)CC[C@H](CCO)C(C)C)[C@@]5(C)CC[C@@H]4[C@@]3(C)CC2)OC[C@@H](O)[C@@H]1O. The highest BCUT2D eigenvalue weighted by atomic mass is 32.3. The lowest BCUT2D eigenvalue weighted by molar-refractivity contribution is -0.285. The summed E-state index contributed by atoms with van der Waals surface area (Å²) in [4.78, 5) is 0. The fourth-order valence-electron chi connectivity index (χ4n) is 11.2. The molecule has 49 heavy (non-hydrogen) atoms. The predicted octanol–water partition coefficient (Wildman–Crippen LogP) is 1.97. The van der Waals surface area contributed by atoms with E-state index in [1.807, 2.05) is 26.8 Å². The molecule has 0 spiro atoms. The highest BCUT2D eigenvalue weighted by Gasteiger charge is 2.73. The number of hydrogen-bond acceptors (Lipinski definition) is 12. The van der Waals surface area contributed by atoms with Gasteiger partial charge in [-0.25, -0.2) is 4.18 Å². The minimum atomic E-state index is -5.01. The van der Waals surface area contributed by atoms with Crippen molar-refractivity contribution < 1.29 is 62.0 Å². The molecule has 14 heteroatoms. The molecule has 0 radical (unpaired) electrons. The fourth-order valence-corrected chi connectivity index (χ4v) is 11.8. The molecule has 16 atom stereocenters. The Hall–Kier alpha value is -0.750. The van der Waals surface area contributed by atoms with Crippen LogP contribution in [0.4, 0.5) is 0 Å². The van der Waals surface area contributed by atoms with Gasteiger partial charge in [-0.15, -0.1) is 0 Å². The summed E-state index contributed by atoms with van der Waals surface area (Å²) >= 11 is 0. The lowest BCUT2D eigenvalue weighted by Crippen LogP contribution is -2.66. The van der Waals surface area contributed by atoms with Gasteiger partial charge >= 0.3 is 10.4 Å². The minimum Gasteiger partial charge on any atom is -0.396 e. The van der Waals surface area contributed by atoms with Gasteiger partial charge in [-0.1, -0.05) is 47.1 Å². The van der Waals surface area contributed by atoms with Gasteiger partial charge in [-0.3, -0.25) is 4.55 Å². The molecule has 0 unspecified atom stereocenters. The molecule has 0 aromatic rings. The second-order valence-corrected chi connectivity index (χ2v) is 17.6. The van der Waals surface area contributed by atoms with Gasteiger partial charge in [-0.05, 0) is 84.5 Å². The van der Waals surface area contributed by atoms with E-state index in [2.05, 4.69) is 13.8 Å². The molecule has 1 heterocycles. The molecule has 7 N–H and O–H groups in total. The summed E-state index contributed by atoms with van der Waals surface area (Å²) in [5, 5.41) is 66.6. The van der Waals surface area contributed by atoms with E-state index in [9.17, 15) is 43.6 Å². The van der Waals surface area contributed by atoms with E-state index in [-0.39, 0.29) is 31.5 Å². The van der Waals surface area contributed by atoms with E-state index in [0.717, 1.165) is 6.42 Å². The number of fused-ring (bicyclic) bond motifs is 5. The number of methoxy groups -OCH3 is 1. The molecule has 5 aliphatic rings. The third kappa shape index (κ3) is 7.16. The third-order valence-electron chi connectivity index (χ3n) is 13.5. The Labute approximate surface area is 290 Å². The maximum Gasteiger partial charge on any atom is 0.397 e. The smallest absolute Gasteiger partial charge is 0.396 e. The molecule has 5 rings (SSSR count). The molecule has 0 aromatic carbocycles. The number of aliphatic hydroxyl groups is 6. The Morgan fingerprint density at radius 3 is 2.31 bits per heavy atom. The van der Waals surface area contributed by atoms with Crippen LogP contribution in [0.1, 0.15) is 86.0 Å². The molecule has 0 aromatic heterocycles. The van der Waals surface area contributed by atoms with Crippen molar-refractivity contribution in [1.82, 2.24) is 0 Å². The number of aliphatic hydroxyl groups excluding tert-OH is 5. The third-order valence-corrected chi connectivity index (χ3v) is 14.0. The van der Waals surface area contributed by atoms with Gasteiger partial charge in [0, 0.05) is 26.1 Å². The summed E-state index contributed by atoms with van der Waals surface area (Å²) in [6.45, 7) is 10.2. The van der Waals surface area contributed by atoms with E-state index >= 15 is 0 Å². The van der Waals surface area contributed by atoms with E-state index in [4.69, 9.17) is 18.4 Å². The van der Waals surface area contributed by atoms with Crippen LogP contribution in [-0.4, -0.2) is 119 Å². The molecule has 4 fully saturated rings. The van der Waals surface area contributed by atoms with Crippen LogP contribution in [0.5, 0.6) is 0 Å². The van der Waals surface area contributed by atoms with Crippen LogP contribution in [0, 0.1) is 46.3 Å². The zero-order valence-corrected chi connectivity index (χ0v) is 30.5. The summed E-state index contributed by atoms with van der Waals surface area (Å²) < 4.78 is 56.9. The fraction of sp³-hybridized carbons (Fsp3) is 0.943. The quantitative estimate of drug-likeness (QED) is 0.114. The van der Waals surface area contributed by atoms with Gasteiger partial charge in [0.2, 0.25) is 0 Å². The maximum absolute atomic E-state index is 12.9. The Morgan fingerprint density at radius 2 is 1.69 bits per heavy atom. The molecule has 1 aliphatic heterocycles. The van der Waals surface area contributed by atoms with Crippen molar-refractivity contribution in [2.75, 3.05) is 20.3 Å². The van der Waals surface area contributed by atoms with Crippen LogP contribution >= 0.6 is 0 Å². The average Bonchev–Trinajstić information content (AvgIpc) is 3.22. The zero-order valence-electron chi connectivity index (χ0n) is 29.7. The summed E-state index contributed by atoms with van der Waals surface area (Å²) in [5.41, 5.74) is -2.42. The molecule has 0 amide bonds. The van der Waals surface area contributed by atoms with Gasteiger partial charge in [0.15, 0.2) is 6.29 Å². The van der Waals surface area contributed by atoms with Crippen LogP contribution in [0.15, 0.2) is 11.6 Å². The summed E-state index contributed by atoms with van der Waals surface area (Å²) in [7, 11) is -3.61.